The number of hydrogen-bond acceptors (Lipinski definition) is 6. The normalized spacial score (nSPS) is 25.3. The van der Waals surface area contributed by atoms with Crippen LogP contribution < -0.4 is 5.32 Å². The highest BCUT2D eigenvalue weighted by Crippen LogP contribution is 2.42. The average Bonchev–Trinajstić information content (AvgIpc) is 3.19. The van der Waals surface area contributed by atoms with Crippen LogP contribution in [-0.4, -0.2) is 69.2 Å². The van der Waals surface area contributed by atoms with Crippen molar-refractivity contribution < 1.29 is 26.4 Å². The van der Waals surface area contributed by atoms with E-state index in [0.717, 1.165) is 10.6 Å². The molecule has 11 heteroatoms. The Morgan fingerprint density at radius 2 is 1.79 bits per heavy atom. The molecule has 1 aromatic carbocycles. The van der Waals surface area contributed by atoms with Gasteiger partial charge in [-0.25, -0.2) is 21.1 Å². The lowest BCUT2D eigenvalue weighted by molar-refractivity contribution is -0.128. The minimum atomic E-state index is -3.96. The summed E-state index contributed by atoms with van der Waals surface area (Å²) in [5.74, 6) is -1.55. The Bertz CT molecular complexity index is 1020. The van der Waals surface area contributed by atoms with Crippen molar-refractivity contribution in [2.75, 3.05) is 19.8 Å². The van der Waals surface area contributed by atoms with Crippen LogP contribution in [0.3, 0.4) is 0 Å². The Labute approximate surface area is 171 Å². The number of sulfonamides is 2. The minimum absolute atomic E-state index is 0.00584. The Kier molecular flexibility index (Phi) is 5.76. The Hall–Kier alpha value is -1.98. The van der Waals surface area contributed by atoms with Gasteiger partial charge in [0.15, 0.2) is 0 Å². The smallest absolute Gasteiger partial charge is 0.251 e. The summed E-state index contributed by atoms with van der Waals surface area (Å²) in [6.07, 6.45) is 2.28. The van der Waals surface area contributed by atoms with Crippen LogP contribution in [0.15, 0.2) is 29.2 Å². The van der Waals surface area contributed by atoms with Crippen molar-refractivity contribution in [2.45, 2.75) is 43.2 Å². The maximum atomic E-state index is 13.3. The summed E-state index contributed by atoms with van der Waals surface area (Å²) in [6.45, 7) is 2.01. The van der Waals surface area contributed by atoms with Gasteiger partial charge in [0.1, 0.15) is 0 Å². The van der Waals surface area contributed by atoms with Crippen LogP contribution in [0, 0.1) is 5.92 Å². The lowest BCUT2D eigenvalue weighted by Gasteiger charge is -2.26. The molecule has 160 valence electrons. The van der Waals surface area contributed by atoms with Crippen LogP contribution in [0.5, 0.6) is 0 Å². The van der Waals surface area contributed by atoms with E-state index >= 15 is 0 Å². The highest BCUT2D eigenvalue weighted by molar-refractivity contribution is 7.89. The van der Waals surface area contributed by atoms with Gasteiger partial charge in [0.05, 0.1) is 29.2 Å². The van der Waals surface area contributed by atoms with E-state index in [4.69, 9.17) is 0 Å². The first-order valence-electron chi connectivity index (χ1n) is 9.41. The largest absolute Gasteiger partial charge is 0.355 e. The van der Waals surface area contributed by atoms with E-state index in [0.29, 0.717) is 18.4 Å². The van der Waals surface area contributed by atoms with Gasteiger partial charge in [0.2, 0.25) is 26.0 Å². The number of amides is 2. The lowest BCUT2D eigenvalue weighted by Crippen LogP contribution is -2.43. The topological polar surface area (TPSA) is 121 Å². The molecule has 2 amide bonds. The first-order chi connectivity index (χ1) is 13.5. The molecule has 0 radical (unpaired) electrons. The van der Waals surface area contributed by atoms with E-state index in [-0.39, 0.29) is 23.8 Å². The van der Waals surface area contributed by atoms with Crippen LogP contribution in [0.4, 0.5) is 0 Å². The molecule has 2 saturated heterocycles. The van der Waals surface area contributed by atoms with Crippen LogP contribution in [-0.2, 0) is 24.8 Å². The molecular formula is C18H25N3O6S2. The standard InChI is InChI=1S/C18H25N3O6S2/c1-4-5-14-16-15(21(18(14)23)28(3,24)25)10-11-20(16)29(26,27)13-8-6-12(7-9-13)17(22)19-2/h6-9,14-16H,4-5,10-11H2,1-3H3,(H,19,22)/t14-,15+,16+/m1/s1. The highest BCUT2D eigenvalue weighted by Gasteiger charge is 2.58. The second-order valence-corrected chi connectivity index (χ2v) is 11.1. The predicted molar refractivity (Wildman–Crippen MR) is 106 cm³/mol. The van der Waals surface area contributed by atoms with Crippen molar-refractivity contribution in [2.24, 2.45) is 5.92 Å². The summed E-state index contributed by atoms with van der Waals surface area (Å²) < 4.78 is 53.1. The number of hydrogen-bond donors (Lipinski definition) is 1. The quantitative estimate of drug-likeness (QED) is 0.679. The maximum Gasteiger partial charge on any atom is 0.251 e. The molecular weight excluding hydrogens is 418 g/mol. The van der Waals surface area contributed by atoms with Crippen molar-refractivity contribution in [3.8, 4) is 0 Å². The fourth-order valence-corrected chi connectivity index (χ4v) is 7.21. The predicted octanol–water partition coefficient (Wildman–Crippen LogP) is 0.396. The van der Waals surface area contributed by atoms with Crippen LogP contribution in [0.1, 0.15) is 36.5 Å². The summed E-state index contributed by atoms with van der Waals surface area (Å²) in [5.41, 5.74) is 0.328. The van der Waals surface area contributed by atoms with Gasteiger partial charge in [-0.15, -0.1) is 0 Å². The van der Waals surface area contributed by atoms with E-state index < -0.39 is 44.0 Å². The third-order valence-corrected chi connectivity index (χ3v) is 8.60. The number of benzene rings is 1. The SMILES string of the molecule is CCC[C@H]1C(=O)N(S(C)(=O)=O)[C@H]2CCN(S(=O)(=O)c3ccc(C(=O)NC)cc3)[C@@H]12. The summed E-state index contributed by atoms with van der Waals surface area (Å²) in [4.78, 5) is 24.5. The molecule has 2 aliphatic heterocycles. The molecule has 2 heterocycles. The second kappa shape index (κ2) is 7.69. The van der Waals surface area contributed by atoms with Gasteiger partial charge < -0.3 is 5.32 Å². The molecule has 1 N–H and O–H groups in total. The number of carbonyl (C=O) groups excluding carboxylic acids is 2. The van der Waals surface area contributed by atoms with Crippen LogP contribution >= 0.6 is 0 Å². The zero-order valence-corrected chi connectivity index (χ0v) is 18.2. The molecule has 2 fully saturated rings. The van der Waals surface area contributed by atoms with Crippen molar-refractivity contribution in [1.82, 2.24) is 13.9 Å². The fraction of sp³-hybridized carbons (Fsp3) is 0.556. The monoisotopic (exact) mass is 443 g/mol. The van der Waals surface area contributed by atoms with Gasteiger partial charge in [0, 0.05) is 19.2 Å². The van der Waals surface area contributed by atoms with Crippen molar-refractivity contribution in [1.29, 1.82) is 0 Å². The summed E-state index contributed by atoms with van der Waals surface area (Å²) >= 11 is 0. The minimum Gasteiger partial charge on any atom is -0.355 e. The molecule has 0 spiro atoms. The molecule has 29 heavy (non-hydrogen) atoms. The zero-order chi connectivity index (χ0) is 21.6. The van der Waals surface area contributed by atoms with E-state index in [1.54, 1.807) is 0 Å². The molecule has 0 saturated carbocycles. The number of nitrogens with one attached hydrogen (secondary N) is 1. The first kappa shape index (κ1) is 21.7. The van der Waals surface area contributed by atoms with Gasteiger partial charge >= 0.3 is 0 Å². The number of fused-ring (bicyclic) bond motifs is 1. The maximum absolute atomic E-state index is 13.3. The number of rotatable bonds is 6. The summed E-state index contributed by atoms with van der Waals surface area (Å²) in [7, 11) is -6.27. The van der Waals surface area contributed by atoms with Gasteiger partial charge in [-0.3, -0.25) is 9.59 Å². The molecule has 0 bridgehead atoms. The number of nitrogens with zero attached hydrogens (tertiary/aromatic N) is 2. The Morgan fingerprint density at radius 3 is 2.31 bits per heavy atom. The van der Waals surface area contributed by atoms with Crippen LogP contribution in [0.2, 0.25) is 0 Å². The molecule has 3 rings (SSSR count). The third kappa shape index (κ3) is 3.66. The molecule has 0 unspecified atom stereocenters. The van der Waals surface area contributed by atoms with E-state index in [9.17, 15) is 26.4 Å². The Morgan fingerprint density at radius 1 is 1.17 bits per heavy atom. The second-order valence-electron chi connectivity index (χ2n) is 7.36. The van der Waals surface area contributed by atoms with Gasteiger partial charge in [-0.1, -0.05) is 13.3 Å². The number of carbonyl (C=O) groups is 2. The van der Waals surface area contributed by atoms with E-state index in [1.165, 1.54) is 35.6 Å². The van der Waals surface area contributed by atoms with Gasteiger partial charge in [-0.2, -0.15) is 4.31 Å². The van der Waals surface area contributed by atoms with Crippen LogP contribution in [0.25, 0.3) is 0 Å². The molecule has 9 nitrogen and oxygen atoms in total. The van der Waals surface area contributed by atoms with Gasteiger partial charge in [0.25, 0.3) is 5.91 Å². The van der Waals surface area contributed by atoms with E-state index in [2.05, 4.69) is 5.32 Å². The average molecular weight is 444 g/mol. The van der Waals surface area contributed by atoms with Crippen molar-refractivity contribution in [3.05, 3.63) is 29.8 Å². The zero-order valence-electron chi connectivity index (χ0n) is 16.5. The lowest BCUT2D eigenvalue weighted by atomic mass is 9.95. The fourth-order valence-electron chi connectivity index (χ4n) is 4.32. The van der Waals surface area contributed by atoms with Crippen molar-refractivity contribution in [3.63, 3.8) is 0 Å². The van der Waals surface area contributed by atoms with Gasteiger partial charge in [-0.05, 0) is 37.1 Å². The molecule has 0 aromatic heterocycles. The molecule has 0 aliphatic carbocycles. The molecule has 3 atom stereocenters. The summed E-state index contributed by atoms with van der Waals surface area (Å²) in [6, 6.07) is 4.15. The Balaban J connectivity index is 1.98. The third-order valence-electron chi connectivity index (χ3n) is 5.53. The van der Waals surface area contributed by atoms with E-state index in [1.807, 2.05) is 6.92 Å². The summed E-state index contributed by atoms with van der Waals surface area (Å²) in [5, 5.41) is 2.47. The molecule has 1 aromatic rings. The van der Waals surface area contributed by atoms with Crippen molar-refractivity contribution >= 4 is 31.9 Å². The first-order valence-corrected chi connectivity index (χ1v) is 12.7. The molecule has 2 aliphatic rings. The highest BCUT2D eigenvalue weighted by atomic mass is 32.2.